The normalized spacial score (nSPS) is 25.5. The zero-order valence-corrected chi connectivity index (χ0v) is 12.6. The minimum Gasteiger partial charge on any atom is -0.378 e. The van der Waals surface area contributed by atoms with Crippen molar-refractivity contribution in [3.63, 3.8) is 0 Å². The molecule has 1 fully saturated rings. The van der Waals surface area contributed by atoms with E-state index in [1.165, 1.54) is 11.1 Å². The first-order chi connectivity index (χ1) is 8.88. The van der Waals surface area contributed by atoms with E-state index < -0.39 is 0 Å². The first-order valence-electron chi connectivity index (χ1n) is 7.34. The Morgan fingerprint density at radius 3 is 2.37 bits per heavy atom. The van der Waals surface area contributed by atoms with Crippen LogP contribution in [0.5, 0.6) is 0 Å². The lowest BCUT2D eigenvalue weighted by atomic mass is 9.85. The van der Waals surface area contributed by atoms with Crippen LogP contribution in [0.1, 0.15) is 45.2 Å². The molecule has 0 bridgehead atoms. The van der Waals surface area contributed by atoms with Crippen molar-refractivity contribution in [2.75, 3.05) is 6.61 Å². The van der Waals surface area contributed by atoms with Gasteiger partial charge >= 0.3 is 0 Å². The lowest BCUT2D eigenvalue weighted by Gasteiger charge is -2.23. The predicted octanol–water partition coefficient (Wildman–Crippen LogP) is 3.28. The Kier molecular flexibility index (Phi) is 4.32. The van der Waals surface area contributed by atoms with E-state index in [1.807, 2.05) is 0 Å². The molecular formula is C17H27NO. The Labute approximate surface area is 117 Å². The molecule has 0 aromatic heterocycles. The van der Waals surface area contributed by atoms with Gasteiger partial charge in [-0.25, -0.2) is 0 Å². The lowest BCUT2D eigenvalue weighted by Crippen LogP contribution is -2.36. The van der Waals surface area contributed by atoms with Crippen LogP contribution < -0.4 is 5.73 Å². The van der Waals surface area contributed by atoms with Gasteiger partial charge in [-0.05, 0) is 36.3 Å². The van der Waals surface area contributed by atoms with Gasteiger partial charge in [-0.2, -0.15) is 0 Å². The largest absolute Gasteiger partial charge is 0.378 e. The molecule has 0 saturated carbocycles. The van der Waals surface area contributed by atoms with E-state index in [9.17, 15) is 0 Å². The SMILES string of the molecule is CC1OCCC1C(N)Cc1ccc(C(C)(C)C)cc1. The highest BCUT2D eigenvalue weighted by molar-refractivity contribution is 5.28. The number of rotatable bonds is 3. The topological polar surface area (TPSA) is 35.2 Å². The summed E-state index contributed by atoms with van der Waals surface area (Å²) in [6.45, 7) is 9.73. The molecule has 1 aromatic rings. The van der Waals surface area contributed by atoms with E-state index in [1.54, 1.807) is 0 Å². The molecule has 2 rings (SSSR count). The molecule has 0 aliphatic carbocycles. The molecule has 1 aromatic carbocycles. The summed E-state index contributed by atoms with van der Waals surface area (Å²) in [4.78, 5) is 0. The zero-order valence-electron chi connectivity index (χ0n) is 12.6. The third-order valence-electron chi connectivity index (χ3n) is 4.28. The van der Waals surface area contributed by atoms with Crippen LogP contribution in [0.3, 0.4) is 0 Å². The molecule has 3 unspecified atom stereocenters. The van der Waals surface area contributed by atoms with Crippen molar-refractivity contribution in [3.8, 4) is 0 Å². The number of hydrogen-bond acceptors (Lipinski definition) is 2. The van der Waals surface area contributed by atoms with Gasteiger partial charge in [-0.1, -0.05) is 45.0 Å². The lowest BCUT2D eigenvalue weighted by molar-refractivity contribution is 0.0995. The standard InChI is InChI=1S/C17H27NO/c1-12-15(9-10-19-12)16(18)11-13-5-7-14(8-6-13)17(2,3)4/h5-8,12,15-16H,9-11,18H2,1-4H3. The molecule has 2 N–H and O–H groups in total. The first kappa shape index (κ1) is 14.5. The Balaban J connectivity index is 1.99. The second-order valence-corrected chi connectivity index (χ2v) is 6.84. The average Bonchev–Trinajstić information content (AvgIpc) is 2.75. The number of nitrogens with two attached hydrogens (primary N) is 1. The van der Waals surface area contributed by atoms with Crippen LogP contribution in [-0.2, 0) is 16.6 Å². The highest BCUT2D eigenvalue weighted by atomic mass is 16.5. The molecule has 1 saturated heterocycles. The van der Waals surface area contributed by atoms with Crippen molar-refractivity contribution < 1.29 is 4.74 Å². The molecular weight excluding hydrogens is 234 g/mol. The molecule has 0 radical (unpaired) electrons. The van der Waals surface area contributed by atoms with Gasteiger partial charge in [-0.3, -0.25) is 0 Å². The average molecular weight is 261 g/mol. The Morgan fingerprint density at radius 1 is 1.26 bits per heavy atom. The van der Waals surface area contributed by atoms with Gasteiger partial charge in [0.05, 0.1) is 6.10 Å². The van der Waals surface area contributed by atoms with Crippen molar-refractivity contribution in [2.24, 2.45) is 11.7 Å². The molecule has 1 aliphatic heterocycles. The molecule has 1 aliphatic rings. The maximum absolute atomic E-state index is 6.35. The summed E-state index contributed by atoms with van der Waals surface area (Å²) in [5.74, 6) is 0.502. The quantitative estimate of drug-likeness (QED) is 0.906. The van der Waals surface area contributed by atoms with Gasteiger partial charge in [0.2, 0.25) is 0 Å². The van der Waals surface area contributed by atoms with Crippen molar-refractivity contribution in [1.82, 2.24) is 0 Å². The van der Waals surface area contributed by atoms with E-state index in [2.05, 4.69) is 52.0 Å². The van der Waals surface area contributed by atoms with Crippen LogP contribution in [0.2, 0.25) is 0 Å². The third kappa shape index (κ3) is 3.58. The second kappa shape index (κ2) is 5.64. The van der Waals surface area contributed by atoms with Crippen molar-refractivity contribution in [3.05, 3.63) is 35.4 Å². The van der Waals surface area contributed by atoms with E-state index in [0.29, 0.717) is 12.0 Å². The zero-order chi connectivity index (χ0) is 14.0. The van der Waals surface area contributed by atoms with Crippen LogP contribution in [-0.4, -0.2) is 18.8 Å². The van der Waals surface area contributed by atoms with Gasteiger partial charge in [-0.15, -0.1) is 0 Å². The van der Waals surface area contributed by atoms with Crippen LogP contribution >= 0.6 is 0 Å². The number of hydrogen-bond donors (Lipinski definition) is 1. The Hall–Kier alpha value is -0.860. The van der Waals surface area contributed by atoms with Gasteiger partial charge in [0.15, 0.2) is 0 Å². The number of ether oxygens (including phenoxy) is 1. The van der Waals surface area contributed by atoms with E-state index >= 15 is 0 Å². The predicted molar refractivity (Wildman–Crippen MR) is 80.3 cm³/mol. The van der Waals surface area contributed by atoms with Gasteiger partial charge < -0.3 is 10.5 Å². The minimum atomic E-state index is 0.206. The fourth-order valence-electron chi connectivity index (χ4n) is 2.87. The van der Waals surface area contributed by atoms with Crippen molar-refractivity contribution in [2.45, 2.75) is 58.1 Å². The third-order valence-corrected chi connectivity index (χ3v) is 4.28. The molecule has 1 heterocycles. The van der Waals surface area contributed by atoms with Crippen LogP contribution in [0.15, 0.2) is 24.3 Å². The van der Waals surface area contributed by atoms with Crippen molar-refractivity contribution >= 4 is 0 Å². The highest BCUT2D eigenvalue weighted by Crippen LogP contribution is 2.26. The molecule has 0 amide bonds. The van der Waals surface area contributed by atoms with E-state index in [4.69, 9.17) is 10.5 Å². The fraction of sp³-hybridized carbons (Fsp3) is 0.647. The molecule has 106 valence electrons. The summed E-state index contributed by atoms with van der Waals surface area (Å²) in [5, 5.41) is 0. The molecule has 2 heteroatoms. The molecule has 0 spiro atoms. The first-order valence-corrected chi connectivity index (χ1v) is 7.34. The summed E-state index contributed by atoms with van der Waals surface area (Å²) >= 11 is 0. The Morgan fingerprint density at radius 2 is 1.89 bits per heavy atom. The summed E-state index contributed by atoms with van der Waals surface area (Å²) in [6, 6.07) is 9.12. The maximum atomic E-state index is 6.35. The maximum Gasteiger partial charge on any atom is 0.0590 e. The fourth-order valence-corrected chi connectivity index (χ4v) is 2.87. The summed E-state index contributed by atoms with van der Waals surface area (Å²) in [7, 11) is 0. The van der Waals surface area contributed by atoms with Gasteiger partial charge in [0.1, 0.15) is 0 Å². The van der Waals surface area contributed by atoms with Crippen LogP contribution in [0.4, 0.5) is 0 Å². The summed E-state index contributed by atoms with van der Waals surface area (Å²) in [5.41, 5.74) is 9.27. The smallest absolute Gasteiger partial charge is 0.0590 e. The van der Waals surface area contributed by atoms with Crippen LogP contribution in [0, 0.1) is 5.92 Å². The molecule has 19 heavy (non-hydrogen) atoms. The van der Waals surface area contributed by atoms with E-state index in [-0.39, 0.29) is 11.5 Å². The molecule has 3 atom stereocenters. The van der Waals surface area contributed by atoms with Gasteiger partial charge in [0, 0.05) is 18.6 Å². The van der Waals surface area contributed by atoms with E-state index in [0.717, 1.165) is 19.4 Å². The monoisotopic (exact) mass is 261 g/mol. The Bertz CT molecular complexity index is 404. The van der Waals surface area contributed by atoms with Crippen LogP contribution in [0.25, 0.3) is 0 Å². The molecule has 2 nitrogen and oxygen atoms in total. The summed E-state index contributed by atoms with van der Waals surface area (Å²) in [6.07, 6.45) is 2.36. The van der Waals surface area contributed by atoms with Crippen molar-refractivity contribution in [1.29, 1.82) is 0 Å². The highest BCUT2D eigenvalue weighted by Gasteiger charge is 2.29. The number of benzene rings is 1. The van der Waals surface area contributed by atoms with Gasteiger partial charge in [0.25, 0.3) is 0 Å². The summed E-state index contributed by atoms with van der Waals surface area (Å²) < 4.78 is 5.61. The second-order valence-electron chi connectivity index (χ2n) is 6.84. The minimum absolute atomic E-state index is 0.206.